The van der Waals surface area contributed by atoms with E-state index in [1.165, 1.54) is 48.5 Å². The molecular weight excluding hydrogens is 508 g/mol. The molecule has 0 amide bonds. The van der Waals surface area contributed by atoms with Crippen molar-refractivity contribution in [1.29, 1.82) is 0 Å². The maximum atomic E-state index is 12.2. The number of sulfone groups is 2. The number of aromatic hydroxyl groups is 2. The molecule has 4 aromatic rings. The van der Waals surface area contributed by atoms with Gasteiger partial charge >= 0.3 is 0 Å². The SMILES string of the molecule is Cc1ccc(S(=O)(=O)c2ccc(O)cc2)cc1.Cc1ccc(S(=O)(=O)c2ccc(O)cc2)cc1.Cl. The minimum atomic E-state index is -3.48. The molecule has 4 aromatic carbocycles. The van der Waals surface area contributed by atoms with E-state index in [0.29, 0.717) is 0 Å². The predicted molar refractivity (Wildman–Crippen MR) is 137 cm³/mol. The van der Waals surface area contributed by atoms with Crippen LogP contribution in [0.15, 0.2) is 117 Å². The van der Waals surface area contributed by atoms with Gasteiger partial charge in [-0.25, -0.2) is 16.8 Å². The van der Waals surface area contributed by atoms with E-state index < -0.39 is 19.7 Å². The molecule has 0 bridgehead atoms. The fourth-order valence-electron chi connectivity index (χ4n) is 2.96. The molecule has 0 aliphatic rings. The van der Waals surface area contributed by atoms with Crippen molar-refractivity contribution in [2.45, 2.75) is 33.4 Å². The normalized spacial score (nSPS) is 11.0. The van der Waals surface area contributed by atoms with Gasteiger partial charge in [0.1, 0.15) is 11.5 Å². The topological polar surface area (TPSA) is 109 Å². The zero-order valence-electron chi connectivity index (χ0n) is 19.0. The molecule has 2 N–H and O–H groups in total. The summed E-state index contributed by atoms with van der Waals surface area (Å²) in [6.45, 7) is 3.80. The largest absolute Gasteiger partial charge is 0.508 e. The molecular formula is C26H25ClO6S2. The average Bonchev–Trinajstić information content (AvgIpc) is 2.81. The first kappa shape index (κ1) is 27.9. The van der Waals surface area contributed by atoms with Crippen LogP contribution in [0, 0.1) is 13.8 Å². The van der Waals surface area contributed by atoms with Crippen LogP contribution in [0.1, 0.15) is 11.1 Å². The van der Waals surface area contributed by atoms with Crippen molar-refractivity contribution in [2.24, 2.45) is 0 Å². The number of hydrogen-bond acceptors (Lipinski definition) is 6. The summed E-state index contributed by atoms with van der Waals surface area (Å²) in [6, 6.07) is 24.4. The Morgan fingerprint density at radius 2 is 0.629 bits per heavy atom. The summed E-state index contributed by atoms with van der Waals surface area (Å²) in [7, 11) is -6.97. The van der Waals surface area contributed by atoms with Crippen LogP contribution >= 0.6 is 12.4 Å². The second kappa shape index (κ2) is 11.4. The number of hydrogen-bond donors (Lipinski definition) is 2. The number of aryl methyl sites for hydroxylation is 2. The molecule has 0 fully saturated rings. The fourth-order valence-corrected chi connectivity index (χ4v) is 5.48. The van der Waals surface area contributed by atoms with Crippen LogP contribution in [0.3, 0.4) is 0 Å². The van der Waals surface area contributed by atoms with Gasteiger partial charge in [0, 0.05) is 0 Å². The Bertz CT molecular complexity index is 1240. The molecule has 0 aromatic heterocycles. The van der Waals surface area contributed by atoms with Gasteiger partial charge in [0.15, 0.2) is 0 Å². The quantitative estimate of drug-likeness (QED) is 0.360. The van der Waals surface area contributed by atoms with E-state index in [1.54, 1.807) is 48.5 Å². The minimum absolute atomic E-state index is 0. The van der Waals surface area contributed by atoms with Gasteiger partial charge in [-0.05, 0) is 86.6 Å². The Balaban J connectivity index is 0.000000240. The molecule has 0 spiro atoms. The van der Waals surface area contributed by atoms with Crippen molar-refractivity contribution < 1.29 is 27.0 Å². The molecule has 0 atom stereocenters. The van der Waals surface area contributed by atoms with Gasteiger partial charge < -0.3 is 10.2 Å². The van der Waals surface area contributed by atoms with E-state index in [4.69, 9.17) is 10.2 Å². The van der Waals surface area contributed by atoms with Crippen LogP contribution in [0.5, 0.6) is 11.5 Å². The third-order valence-corrected chi connectivity index (χ3v) is 8.53. The third kappa shape index (κ3) is 6.85. The first-order valence-electron chi connectivity index (χ1n) is 10.2. The second-order valence-electron chi connectivity index (χ2n) is 7.62. The van der Waals surface area contributed by atoms with E-state index in [0.717, 1.165) is 11.1 Å². The number of phenols is 2. The molecule has 0 saturated heterocycles. The highest BCUT2D eigenvalue weighted by Gasteiger charge is 2.17. The summed E-state index contributed by atoms with van der Waals surface area (Å²) in [5, 5.41) is 18.3. The van der Waals surface area contributed by atoms with Gasteiger partial charge in [-0.1, -0.05) is 35.4 Å². The first-order valence-corrected chi connectivity index (χ1v) is 13.2. The summed E-state index contributed by atoms with van der Waals surface area (Å²) in [6.07, 6.45) is 0. The zero-order valence-corrected chi connectivity index (χ0v) is 21.4. The molecule has 0 heterocycles. The number of benzene rings is 4. The Hall–Kier alpha value is -3.33. The van der Waals surface area contributed by atoms with Crippen LogP contribution in [0.2, 0.25) is 0 Å². The van der Waals surface area contributed by atoms with Gasteiger partial charge in [0.05, 0.1) is 19.6 Å². The molecule has 0 saturated carbocycles. The summed E-state index contributed by atoms with van der Waals surface area (Å²) >= 11 is 0. The highest BCUT2D eigenvalue weighted by molar-refractivity contribution is 7.91. The molecule has 9 heteroatoms. The highest BCUT2D eigenvalue weighted by Crippen LogP contribution is 2.24. The van der Waals surface area contributed by atoms with E-state index in [-0.39, 0.29) is 43.5 Å². The van der Waals surface area contributed by atoms with Gasteiger partial charge in [-0.3, -0.25) is 0 Å². The Morgan fingerprint density at radius 3 is 0.857 bits per heavy atom. The average molecular weight is 533 g/mol. The molecule has 0 aliphatic heterocycles. The maximum absolute atomic E-state index is 12.2. The van der Waals surface area contributed by atoms with Gasteiger partial charge in [-0.2, -0.15) is 0 Å². The lowest BCUT2D eigenvalue weighted by Gasteiger charge is -2.04. The summed E-state index contributed by atoms with van der Waals surface area (Å²) in [4.78, 5) is 0.876. The van der Waals surface area contributed by atoms with Gasteiger partial charge in [0.2, 0.25) is 19.7 Å². The van der Waals surface area contributed by atoms with Crippen LogP contribution in [-0.2, 0) is 19.7 Å². The minimum Gasteiger partial charge on any atom is -0.508 e. The van der Waals surface area contributed by atoms with E-state index in [2.05, 4.69) is 0 Å². The van der Waals surface area contributed by atoms with Crippen LogP contribution in [0.25, 0.3) is 0 Å². The van der Waals surface area contributed by atoms with E-state index >= 15 is 0 Å². The second-order valence-corrected chi connectivity index (χ2v) is 11.5. The lowest BCUT2D eigenvalue weighted by molar-refractivity contribution is 0.474. The number of phenolic OH excluding ortho intramolecular Hbond substituents is 2. The van der Waals surface area contributed by atoms with E-state index in [1.807, 2.05) is 13.8 Å². The highest BCUT2D eigenvalue weighted by atomic mass is 35.5. The van der Waals surface area contributed by atoms with Gasteiger partial charge in [0.25, 0.3) is 0 Å². The lowest BCUT2D eigenvalue weighted by atomic mass is 10.2. The van der Waals surface area contributed by atoms with Crippen LogP contribution < -0.4 is 0 Å². The third-order valence-electron chi connectivity index (χ3n) is 4.96. The van der Waals surface area contributed by atoms with Crippen LogP contribution in [-0.4, -0.2) is 27.0 Å². The molecule has 0 unspecified atom stereocenters. The van der Waals surface area contributed by atoms with Crippen molar-refractivity contribution in [3.63, 3.8) is 0 Å². The molecule has 4 rings (SSSR count). The van der Waals surface area contributed by atoms with Gasteiger partial charge in [-0.15, -0.1) is 12.4 Å². The molecule has 35 heavy (non-hydrogen) atoms. The molecule has 0 aliphatic carbocycles. The van der Waals surface area contributed by atoms with Crippen LogP contribution in [0.4, 0.5) is 0 Å². The Kier molecular flexibility index (Phi) is 9.09. The number of rotatable bonds is 4. The summed E-state index contributed by atoms with van der Waals surface area (Å²) < 4.78 is 48.7. The van der Waals surface area contributed by atoms with Crippen molar-refractivity contribution in [3.8, 4) is 11.5 Å². The summed E-state index contributed by atoms with van der Waals surface area (Å²) in [5.41, 5.74) is 2.02. The Labute approximate surface area is 211 Å². The van der Waals surface area contributed by atoms with Crippen molar-refractivity contribution in [3.05, 3.63) is 108 Å². The number of halogens is 1. The smallest absolute Gasteiger partial charge is 0.206 e. The van der Waals surface area contributed by atoms with Crippen molar-refractivity contribution >= 4 is 32.1 Å². The standard InChI is InChI=1S/2C13H12O3S.ClH/c2*1-10-2-6-12(7-3-10)17(15,16)13-8-4-11(14)5-9-13;/h2*2-9,14H,1H3;1H. The van der Waals surface area contributed by atoms with Crippen molar-refractivity contribution in [2.75, 3.05) is 0 Å². The monoisotopic (exact) mass is 532 g/mol. The molecule has 6 nitrogen and oxygen atoms in total. The maximum Gasteiger partial charge on any atom is 0.206 e. The van der Waals surface area contributed by atoms with E-state index in [9.17, 15) is 16.8 Å². The summed E-state index contributed by atoms with van der Waals surface area (Å²) in [5.74, 6) is 0.0979. The van der Waals surface area contributed by atoms with Crippen molar-refractivity contribution in [1.82, 2.24) is 0 Å². The predicted octanol–water partition coefficient (Wildman–Crippen LogP) is 5.49. The lowest BCUT2D eigenvalue weighted by Crippen LogP contribution is -2.01. The molecule has 184 valence electrons. The first-order chi connectivity index (χ1) is 16.0. The molecule has 0 radical (unpaired) electrons. The zero-order chi connectivity index (χ0) is 24.9. The fraction of sp³-hybridized carbons (Fsp3) is 0.0769. The Morgan fingerprint density at radius 1 is 0.429 bits per heavy atom.